The molecule has 1 aliphatic heterocycles. The molecular weight excluding hydrogens is 266 g/mol. The van der Waals surface area contributed by atoms with Gasteiger partial charge in [0.2, 0.25) is 5.91 Å². The lowest BCUT2D eigenvalue weighted by Gasteiger charge is -2.29. The Kier molecular flexibility index (Phi) is 3.57. The van der Waals surface area contributed by atoms with Crippen molar-refractivity contribution in [2.45, 2.75) is 26.3 Å². The molecular formula is C16H21N3O2. The summed E-state index contributed by atoms with van der Waals surface area (Å²) in [6, 6.07) is 6.33. The van der Waals surface area contributed by atoms with Crippen LogP contribution in [0.3, 0.4) is 0 Å². The molecule has 0 radical (unpaired) electrons. The summed E-state index contributed by atoms with van der Waals surface area (Å²) < 4.78 is 0. The highest BCUT2D eigenvalue weighted by Crippen LogP contribution is 2.36. The van der Waals surface area contributed by atoms with Crippen molar-refractivity contribution in [2.24, 2.45) is 5.92 Å². The first-order valence-electron chi connectivity index (χ1n) is 7.46. The van der Waals surface area contributed by atoms with Crippen LogP contribution in [0.2, 0.25) is 0 Å². The Hall–Kier alpha value is -2.04. The summed E-state index contributed by atoms with van der Waals surface area (Å²) in [5.41, 5.74) is 3.74. The lowest BCUT2D eigenvalue weighted by Crippen LogP contribution is -2.53. The Morgan fingerprint density at radius 3 is 3.00 bits per heavy atom. The average molecular weight is 287 g/mol. The molecule has 3 amide bonds. The highest BCUT2D eigenvalue weighted by molar-refractivity contribution is 5.85. The normalized spacial score (nSPS) is 24.5. The monoisotopic (exact) mass is 287 g/mol. The molecule has 2 atom stereocenters. The van der Waals surface area contributed by atoms with Crippen LogP contribution in [0.1, 0.15) is 29.7 Å². The first-order valence-corrected chi connectivity index (χ1v) is 7.46. The number of urea groups is 1. The van der Waals surface area contributed by atoms with Crippen LogP contribution in [0.4, 0.5) is 4.79 Å². The van der Waals surface area contributed by atoms with E-state index in [4.69, 9.17) is 0 Å². The number of nitrogens with one attached hydrogen (secondary N) is 2. The molecule has 0 bridgehead atoms. The maximum atomic E-state index is 12.4. The van der Waals surface area contributed by atoms with Gasteiger partial charge in [-0.25, -0.2) is 4.79 Å². The molecule has 1 heterocycles. The molecule has 112 valence electrons. The van der Waals surface area contributed by atoms with E-state index in [-0.39, 0.29) is 24.5 Å². The number of nitrogens with zero attached hydrogens (tertiary/aromatic N) is 1. The maximum Gasteiger partial charge on any atom is 0.318 e. The molecule has 3 rings (SSSR count). The summed E-state index contributed by atoms with van der Waals surface area (Å²) in [5.74, 6) is 0.288. The van der Waals surface area contributed by atoms with Crippen LogP contribution in [-0.2, 0) is 11.2 Å². The molecule has 1 fully saturated rings. The molecule has 0 aromatic heterocycles. The van der Waals surface area contributed by atoms with Gasteiger partial charge in [-0.05, 0) is 30.4 Å². The topological polar surface area (TPSA) is 61.4 Å². The molecule has 1 aromatic rings. The molecule has 1 saturated heterocycles. The van der Waals surface area contributed by atoms with Gasteiger partial charge in [-0.15, -0.1) is 0 Å². The number of fused-ring (bicyclic) bond motifs is 1. The van der Waals surface area contributed by atoms with E-state index in [1.54, 1.807) is 4.90 Å². The third kappa shape index (κ3) is 2.73. The number of benzene rings is 1. The molecule has 1 aliphatic carbocycles. The predicted molar refractivity (Wildman–Crippen MR) is 79.9 cm³/mol. The Balaban J connectivity index is 1.74. The largest absolute Gasteiger partial charge is 0.353 e. The maximum absolute atomic E-state index is 12.4. The van der Waals surface area contributed by atoms with Crippen molar-refractivity contribution in [3.05, 3.63) is 34.9 Å². The Labute approximate surface area is 124 Å². The number of amides is 3. The van der Waals surface area contributed by atoms with Crippen molar-refractivity contribution >= 4 is 11.9 Å². The summed E-state index contributed by atoms with van der Waals surface area (Å²) in [5, 5.41) is 5.84. The molecule has 2 aliphatic rings. The molecule has 1 aromatic carbocycles. The van der Waals surface area contributed by atoms with Crippen LogP contribution in [-0.4, -0.2) is 36.5 Å². The number of piperazine rings is 1. The summed E-state index contributed by atoms with van der Waals surface area (Å²) >= 11 is 0. The van der Waals surface area contributed by atoms with Gasteiger partial charge in [-0.3, -0.25) is 4.79 Å². The van der Waals surface area contributed by atoms with Crippen LogP contribution in [0.25, 0.3) is 0 Å². The summed E-state index contributed by atoms with van der Waals surface area (Å²) in [7, 11) is 0. The van der Waals surface area contributed by atoms with Crippen molar-refractivity contribution in [3.63, 3.8) is 0 Å². The van der Waals surface area contributed by atoms with Crippen molar-refractivity contribution in [2.75, 3.05) is 19.6 Å². The Morgan fingerprint density at radius 1 is 1.43 bits per heavy atom. The molecule has 0 saturated carbocycles. The number of aryl methyl sites for hydroxylation is 1. The van der Waals surface area contributed by atoms with Crippen molar-refractivity contribution in [1.29, 1.82) is 0 Å². The molecule has 5 heteroatoms. The second kappa shape index (κ2) is 5.39. The van der Waals surface area contributed by atoms with Crippen LogP contribution in [0, 0.1) is 12.8 Å². The Bertz CT molecular complexity index is 585. The van der Waals surface area contributed by atoms with Crippen LogP contribution in [0.5, 0.6) is 0 Å². The highest BCUT2D eigenvalue weighted by atomic mass is 16.2. The number of rotatable bonds is 1. The van der Waals surface area contributed by atoms with Gasteiger partial charge in [-0.1, -0.05) is 30.7 Å². The SMILES string of the molecule is Cc1ccc2c(c1)[C@H](NC(=O)N1CCNC(=O)C1)[C@H](C)C2. The average Bonchev–Trinajstić information content (AvgIpc) is 2.75. The first kappa shape index (κ1) is 13.9. The van der Waals surface area contributed by atoms with Gasteiger partial charge in [0.05, 0.1) is 6.04 Å². The van der Waals surface area contributed by atoms with E-state index in [1.807, 2.05) is 0 Å². The minimum absolute atomic E-state index is 0.0392. The molecule has 0 spiro atoms. The summed E-state index contributed by atoms with van der Waals surface area (Å²) in [4.78, 5) is 25.3. The molecule has 2 N–H and O–H groups in total. The zero-order valence-corrected chi connectivity index (χ0v) is 12.5. The van der Waals surface area contributed by atoms with E-state index in [0.29, 0.717) is 19.0 Å². The fourth-order valence-electron chi connectivity index (χ4n) is 3.22. The molecule has 5 nitrogen and oxygen atoms in total. The lowest BCUT2D eigenvalue weighted by atomic mass is 10.0. The zero-order chi connectivity index (χ0) is 15.0. The van der Waals surface area contributed by atoms with Gasteiger partial charge in [0.15, 0.2) is 0 Å². The fraction of sp³-hybridized carbons (Fsp3) is 0.500. The van der Waals surface area contributed by atoms with Gasteiger partial charge in [0.25, 0.3) is 0 Å². The standard InChI is InChI=1S/C16H21N3O2/c1-10-3-4-12-8-11(2)15(13(12)7-10)18-16(21)19-6-5-17-14(20)9-19/h3-4,7,11,15H,5-6,8-9H2,1-2H3,(H,17,20)(H,18,21)/t11-,15-/m1/s1. The first-order chi connectivity index (χ1) is 10.0. The van der Waals surface area contributed by atoms with E-state index in [2.05, 4.69) is 42.7 Å². The van der Waals surface area contributed by atoms with E-state index >= 15 is 0 Å². The fourth-order valence-corrected chi connectivity index (χ4v) is 3.22. The summed E-state index contributed by atoms with van der Waals surface area (Å²) in [6.45, 7) is 5.47. The van der Waals surface area contributed by atoms with E-state index in [0.717, 1.165) is 6.42 Å². The van der Waals surface area contributed by atoms with Crippen LogP contribution in [0.15, 0.2) is 18.2 Å². The van der Waals surface area contributed by atoms with E-state index in [9.17, 15) is 9.59 Å². The smallest absolute Gasteiger partial charge is 0.318 e. The second-order valence-electron chi connectivity index (χ2n) is 6.08. The van der Waals surface area contributed by atoms with Gasteiger partial charge in [0.1, 0.15) is 6.54 Å². The highest BCUT2D eigenvalue weighted by Gasteiger charge is 2.32. The van der Waals surface area contributed by atoms with Crippen molar-refractivity contribution < 1.29 is 9.59 Å². The quantitative estimate of drug-likeness (QED) is 0.819. The van der Waals surface area contributed by atoms with E-state index < -0.39 is 0 Å². The van der Waals surface area contributed by atoms with Crippen molar-refractivity contribution in [1.82, 2.24) is 15.5 Å². The zero-order valence-electron chi connectivity index (χ0n) is 12.5. The predicted octanol–water partition coefficient (Wildman–Crippen LogP) is 1.37. The number of hydrogen-bond acceptors (Lipinski definition) is 2. The third-order valence-electron chi connectivity index (χ3n) is 4.35. The Morgan fingerprint density at radius 2 is 2.24 bits per heavy atom. The van der Waals surface area contributed by atoms with Gasteiger partial charge < -0.3 is 15.5 Å². The van der Waals surface area contributed by atoms with Crippen molar-refractivity contribution in [3.8, 4) is 0 Å². The number of carbonyl (C=O) groups excluding carboxylic acids is 2. The molecule has 21 heavy (non-hydrogen) atoms. The van der Waals surface area contributed by atoms with Crippen LogP contribution < -0.4 is 10.6 Å². The minimum atomic E-state index is -0.143. The number of carbonyl (C=O) groups is 2. The number of hydrogen-bond donors (Lipinski definition) is 2. The van der Waals surface area contributed by atoms with E-state index in [1.165, 1.54) is 16.7 Å². The van der Waals surface area contributed by atoms with Crippen LogP contribution >= 0.6 is 0 Å². The third-order valence-corrected chi connectivity index (χ3v) is 4.35. The molecule has 0 unspecified atom stereocenters. The van der Waals surface area contributed by atoms with Gasteiger partial charge in [0, 0.05) is 13.1 Å². The van der Waals surface area contributed by atoms with Gasteiger partial charge >= 0.3 is 6.03 Å². The second-order valence-corrected chi connectivity index (χ2v) is 6.08. The lowest BCUT2D eigenvalue weighted by molar-refractivity contribution is -0.123. The van der Waals surface area contributed by atoms with Gasteiger partial charge in [-0.2, -0.15) is 0 Å². The summed E-state index contributed by atoms with van der Waals surface area (Å²) in [6.07, 6.45) is 0.987. The minimum Gasteiger partial charge on any atom is -0.353 e.